The fourth-order valence-electron chi connectivity index (χ4n) is 3.39. The molecule has 1 N–H and O–H groups in total. The molecular weight excluding hydrogens is 376 g/mol. The largest absolute Gasteiger partial charge is 0.440 e. The van der Waals surface area contributed by atoms with Gasteiger partial charge in [0.15, 0.2) is 11.3 Å². The second-order valence-electron chi connectivity index (χ2n) is 8.51. The first-order valence-electron chi connectivity index (χ1n) is 10.6. The zero-order chi connectivity index (χ0) is 22.9. The molecule has 5 nitrogen and oxygen atoms in total. The van der Waals surface area contributed by atoms with Crippen LogP contribution in [0.5, 0.6) is 0 Å². The molecule has 1 aliphatic rings. The molecule has 30 heavy (non-hydrogen) atoms. The Balaban J connectivity index is 0.000000673. The molecule has 0 amide bonds. The van der Waals surface area contributed by atoms with Crippen LogP contribution < -0.4 is 15.6 Å². The van der Waals surface area contributed by atoms with Crippen molar-refractivity contribution >= 4 is 23.6 Å². The lowest BCUT2D eigenvalue weighted by atomic mass is 9.83. The van der Waals surface area contributed by atoms with E-state index in [1.54, 1.807) is 6.07 Å². The molecule has 1 fully saturated rings. The average Bonchev–Trinajstić information content (AvgIpc) is 2.74. The molecule has 1 aliphatic heterocycles. The van der Waals surface area contributed by atoms with E-state index < -0.39 is 0 Å². The Bertz CT molecular complexity index is 885. The highest BCUT2D eigenvalue weighted by molar-refractivity contribution is 5.82. The van der Waals surface area contributed by atoms with E-state index in [0.717, 1.165) is 42.6 Å². The molecular formula is C25H38N2O3. The van der Waals surface area contributed by atoms with Crippen molar-refractivity contribution < 1.29 is 9.21 Å². The van der Waals surface area contributed by atoms with Gasteiger partial charge in [0.25, 0.3) is 0 Å². The van der Waals surface area contributed by atoms with Gasteiger partial charge in [-0.3, -0.25) is 4.79 Å². The summed E-state index contributed by atoms with van der Waals surface area (Å²) in [6.07, 6.45) is 6.23. The summed E-state index contributed by atoms with van der Waals surface area (Å²) in [7, 11) is 1.92. The molecule has 1 saturated heterocycles. The summed E-state index contributed by atoms with van der Waals surface area (Å²) in [4.78, 5) is 22.9. The van der Waals surface area contributed by atoms with Crippen LogP contribution in [0, 0.1) is 12.3 Å². The zero-order valence-electron chi connectivity index (χ0n) is 19.7. The number of nitrogens with zero attached hydrogens (tertiary/aromatic N) is 1. The second-order valence-corrected chi connectivity index (χ2v) is 8.51. The molecule has 0 bridgehead atoms. The number of piperidine rings is 1. The van der Waals surface area contributed by atoms with Gasteiger partial charge < -0.3 is 19.4 Å². The summed E-state index contributed by atoms with van der Waals surface area (Å²) in [6.45, 7) is 16.6. The third-order valence-electron chi connectivity index (χ3n) is 5.65. The van der Waals surface area contributed by atoms with Crippen molar-refractivity contribution in [2.24, 2.45) is 5.41 Å². The first-order chi connectivity index (χ1) is 14.2. The molecule has 166 valence electrons. The monoisotopic (exact) mass is 414 g/mol. The minimum Gasteiger partial charge on any atom is -0.440 e. The van der Waals surface area contributed by atoms with Crippen molar-refractivity contribution in [3.8, 4) is 0 Å². The number of fused-ring (bicyclic) bond motifs is 1. The summed E-state index contributed by atoms with van der Waals surface area (Å²) in [5, 5.41) is 3.93. The zero-order valence-corrected chi connectivity index (χ0v) is 19.7. The highest BCUT2D eigenvalue weighted by atomic mass is 16.4. The minimum atomic E-state index is 0.0457. The van der Waals surface area contributed by atoms with Crippen LogP contribution >= 0.6 is 0 Å². The topological polar surface area (TPSA) is 62.6 Å². The van der Waals surface area contributed by atoms with Gasteiger partial charge in [-0.25, -0.2) is 0 Å². The fraction of sp³-hybridized carbons (Fsp3) is 0.520. The van der Waals surface area contributed by atoms with Gasteiger partial charge in [-0.05, 0) is 64.6 Å². The van der Waals surface area contributed by atoms with Gasteiger partial charge in [0.1, 0.15) is 12.4 Å². The van der Waals surface area contributed by atoms with Crippen molar-refractivity contribution in [2.75, 3.05) is 25.0 Å². The normalized spacial score (nSPS) is 16.4. The van der Waals surface area contributed by atoms with Crippen LogP contribution in [0.1, 0.15) is 64.6 Å². The van der Waals surface area contributed by atoms with Crippen LogP contribution in [0.25, 0.3) is 11.0 Å². The first kappa shape index (κ1) is 25.6. The number of hydrogen-bond acceptors (Lipinski definition) is 5. The molecule has 0 radical (unpaired) electrons. The van der Waals surface area contributed by atoms with E-state index in [4.69, 9.17) is 9.21 Å². The molecule has 0 aliphatic carbocycles. The number of anilines is 1. The smallest absolute Gasteiger partial charge is 0.200 e. The Kier molecular flexibility index (Phi) is 10.00. The molecule has 5 heteroatoms. The summed E-state index contributed by atoms with van der Waals surface area (Å²) in [5.74, 6) is 0.705. The lowest BCUT2D eigenvalue weighted by Gasteiger charge is -2.37. The maximum atomic E-state index is 12.7. The molecule has 0 spiro atoms. The summed E-state index contributed by atoms with van der Waals surface area (Å²) >= 11 is 0. The first-order valence-corrected chi connectivity index (χ1v) is 10.6. The number of benzene rings is 1. The lowest BCUT2D eigenvalue weighted by molar-refractivity contribution is -0.0979. The predicted molar refractivity (Wildman–Crippen MR) is 128 cm³/mol. The highest BCUT2D eigenvalue weighted by Crippen LogP contribution is 2.33. The van der Waals surface area contributed by atoms with Crippen LogP contribution in [0.3, 0.4) is 0 Å². The molecule has 2 heterocycles. The van der Waals surface area contributed by atoms with Gasteiger partial charge in [0.2, 0.25) is 0 Å². The predicted octanol–water partition coefficient (Wildman–Crippen LogP) is 5.41. The molecule has 1 aromatic heterocycles. The summed E-state index contributed by atoms with van der Waals surface area (Å²) in [6, 6.07) is 5.82. The minimum absolute atomic E-state index is 0.0457. The third kappa shape index (κ3) is 6.56. The van der Waals surface area contributed by atoms with Crippen LogP contribution in [0.4, 0.5) is 5.88 Å². The van der Waals surface area contributed by atoms with Crippen molar-refractivity contribution in [3.63, 3.8) is 0 Å². The van der Waals surface area contributed by atoms with Gasteiger partial charge in [0, 0.05) is 30.8 Å². The third-order valence-corrected chi connectivity index (χ3v) is 5.65. The molecule has 2 aromatic rings. The van der Waals surface area contributed by atoms with Gasteiger partial charge >= 0.3 is 0 Å². The molecule has 1 aromatic carbocycles. The number of allylic oxidation sites excluding steroid dienone is 2. The number of hydrogen-bond donors (Lipinski definition) is 1. The van der Waals surface area contributed by atoms with Gasteiger partial charge in [-0.2, -0.15) is 0 Å². The van der Waals surface area contributed by atoms with Crippen LogP contribution in [0.15, 0.2) is 39.6 Å². The summed E-state index contributed by atoms with van der Waals surface area (Å²) < 4.78 is 6.25. The highest BCUT2D eigenvalue weighted by Gasteiger charge is 2.27. The molecule has 3 rings (SSSR count). The Morgan fingerprint density at radius 2 is 1.70 bits per heavy atom. The van der Waals surface area contributed by atoms with E-state index in [-0.39, 0.29) is 11.5 Å². The number of nitrogens with one attached hydrogen (secondary N) is 1. The van der Waals surface area contributed by atoms with Crippen molar-refractivity contribution in [3.05, 3.63) is 51.7 Å². The number of carbonyl (C=O) groups excluding carboxylic acids is 1. The van der Waals surface area contributed by atoms with Gasteiger partial charge in [0.05, 0.1) is 5.39 Å². The Morgan fingerprint density at radius 1 is 1.13 bits per heavy atom. The van der Waals surface area contributed by atoms with Crippen molar-refractivity contribution in [1.82, 2.24) is 5.32 Å². The van der Waals surface area contributed by atoms with Crippen LogP contribution in [-0.4, -0.2) is 26.9 Å². The molecule has 1 atom stereocenters. The maximum absolute atomic E-state index is 12.7. The van der Waals surface area contributed by atoms with Gasteiger partial charge in [-0.15, -0.1) is 0 Å². The van der Waals surface area contributed by atoms with Crippen LogP contribution in [-0.2, 0) is 4.79 Å². The number of rotatable bonds is 3. The van der Waals surface area contributed by atoms with E-state index in [2.05, 4.69) is 37.1 Å². The Labute approximate surface area is 181 Å². The lowest BCUT2D eigenvalue weighted by Crippen LogP contribution is -2.37. The fourth-order valence-corrected chi connectivity index (χ4v) is 3.39. The second kappa shape index (κ2) is 11.7. The quantitative estimate of drug-likeness (QED) is 0.681. The van der Waals surface area contributed by atoms with Gasteiger partial charge in [-0.1, -0.05) is 32.1 Å². The Hall–Kier alpha value is -2.40. The van der Waals surface area contributed by atoms with E-state index in [9.17, 15) is 4.79 Å². The average molecular weight is 415 g/mol. The van der Waals surface area contributed by atoms with E-state index >= 15 is 0 Å². The van der Waals surface area contributed by atoms with E-state index in [0.29, 0.717) is 16.7 Å². The maximum Gasteiger partial charge on any atom is 0.200 e. The SMILES string of the molecule is C/C=C\C.C=O.CNC(C)c1cc(C)cc2c(=O)cc(N3CCC(C)(C)CC3)oc12. The number of carbonyl (C=O) groups is 1. The van der Waals surface area contributed by atoms with E-state index in [1.807, 2.05) is 52.8 Å². The standard InChI is InChI=1S/C20H28N2O2.C4H8.CH2O/c1-13-10-15(14(2)21-5)19-16(11-13)17(23)12-18(24-19)22-8-6-20(3,4)7-9-22;1-3-4-2;1-2/h10-12,14,21H,6-9H2,1-5H3;3-4H,1-2H3;1H2/b;4-3-;. The molecule has 1 unspecified atom stereocenters. The van der Waals surface area contributed by atoms with Crippen molar-refractivity contribution in [2.45, 2.75) is 60.4 Å². The van der Waals surface area contributed by atoms with Crippen LogP contribution in [0.2, 0.25) is 0 Å². The van der Waals surface area contributed by atoms with E-state index in [1.165, 1.54) is 0 Å². The van der Waals surface area contributed by atoms with Crippen molar-refractivity contribution in [1.29, 1.82) is 0 Å². The summed E-state index contributed by atoms with van der Waals surface area (Å²) in [5.41, 5.74) is 3.26. The molecule has 0 saturated carbocycles. The number of aryl methyl sites for hydroxylation is 1. The Morgan fingerprint density at radius 3 is 2.20 bits per heavy atom.